The van der Waals surface area contributed by atoms with Crippen molar-refractivity contribution in [2.75, 3.05) is 0 Å². The van der Waals surface area contributed by atoms with Crippen molar-refractivity contribution in [3.05, 3.63) is 66.4 Å². The SMILES string of the molecule is CC[C@H](O)c1ccc(Oc2cccc3cccnc23)cc1. The number of aliphatic hydroxyl groups excluding tert-OH is 1. The van der Waals surface area contributed by atoms with E-state index in [1.54, 1.807) is 6.20 Å². The zero-order chi connectivity index (χ0) is 14.7. The molecule has 0 aliphatic rings. The number of pyridine rings is 1. The number of fused-ring (bicyclic) bond motifs is 1. The second kappa shape index (κ2) is 5.94. The third-order valence-corrected chi connectivity index (χ3v) is 3.48. The van der Waals surface area contributed by atoms with Gasteiger partial charge in [0.05, 0.1) is 6.10 Å². The summed E-state index contributed by atoms with van der Waals surface area (Å²) in [4.78, 5) is 4.37. The second-order valence-electron chi connectivity index (χ2n) is 4.93. The average molecular weight is 279 g/mol. The van der Waals surface area contributed by atoms with E-state index >= 15 is 0 Å². The predicted octanol–water partition coefficient (Wildman–Crippen LogP) is 4.47. The highest BCUT2D eigenvalue weighted by Crippen LogP contribution is 2.29. The van der Waals surface area contributed by atoms with E-state index in [9.17, 15) is 5.11 Å². The molecule has 3 rings (SSSR count). The lowest BCUT2D eigenvalue weighted by Gasteiger charge is -2.11. The molecular weight excluding hydrogens is 262 g/mol. The number of hydrogen-bond acceptors (Lipinski definition) is 3. The average Bonchev–Trinajstić information content (AvgIpc) is 2.55. The topological polar surface area (TPSA) is 42.4 Å². The summed E-state index contributed by atoms with van der Waals surface area (Å²) in [6.07, 6.45) is 2.04. The molecule has 3 nitrogen and oxygen atoms in total. The molecule has 21 heavy (non-hydrogen) atoms. The minimum Gasteiger partial charge on any atom is -0.455 e. The molecule has 1 heterocycles. The van der Waals surface area contributed by atoms with Crippen LogP contribution in [0.4, 0.5) is 0 Å². The van der Waals surface area contributed by atoms with Gasteiger partial charge in [0, 0.05) is 11.6 Å². The molecular formula is C18H17NO2. The van der Waals surface area contributed by atoms with Crippen molar-refractivity contribution >= 4 is 10.9 Å². The van der Waals surface area contributed by atoms with E-state index in [0.717, 1.165) is 28.0 Å². The molecule has 0 amide bonds. The summed E-state index contributed by atoms with van der Waals surface area (Å²) >= 11 is 0. The minimum atomic E-state index is -0.418. The molecule has 0 aliphatic carbocycles. The Kier molecular flexibility index (Phi) is 3.84. The lowest BCUT2D eigenvalue weighted by molar-refractivity contribution is 0.173. The molecule has 0 spiro atoms. The van der Waals surface area contributed by atoms with Gasteiger partial charge in [-0.15, -0.1) is 0 Å². The van der Waals surface area contributed by atoms with E-state index in [2.05, 4.69) is 4.98 Å². The fourth-order valence-corrected chi connectivity index (χ4v) is 2.28. The fraction of sp³-hybridized carbons (Fsp3) is 0.167. The molecule has 0 fully saturated rings. The molecule has 0 radical (unpaired) electrons. The molecule has 3 aromatic rings. The van der Waals surface area contributed by atoms with Crippen LogP contribution in [0.1, 0.15) is 25.0 Å². The molecule has 2 aromatic carbocycles. The molecule has 1 atom stereocenters. The van der Waals surface area contributed by atoms with Gasteiger partial charge in [-0.25, -0.2) is 0 Å². The Balaban J connectivity index is 1.88. The third kappa shape index (κ3) is 2.88. The summed E-state index contributed by atoms with van der Waals surface area (Å²) < 4.78 is 5.92. The number of para-hydroxylation sites is 1. The summed E-state index contributed by atoms with van der Waals surface area (Å²) in [6.45, 7) is 1.96. The van der Waals surface area contributed by atoms with Crippen molar-refractivity contribution in [1.82, 2.24) is 4.98 Å². The highest BCUT2D eigenvalue weighted by Gasteiger charge is 2.07. The third-order valence-electron chi connectivity index (χ3n) is 3.48. The maximum atomic E-state index is 9.80. The van der Waals surface area contributed by atoms with E-state index in [1.165, 1.54) is 0 Å². The summed E-state index contributed by atoms with van der Waals surface area (Å²) in [5, 5.41) is 10.8. The molecule has 1 N–H and O–H groups in total. The van der Waals surface area contributed by atoms with Crippen molar-refractivity contribution in [3.8, 4) is 11.5 Å². The number of benzene rings is 2. The maximum Gasteiger partial charge on any atom is 0.153 e. The maximum absolute atomic E-state index is 9.80. The summed E-state index contributed by atoms with van der Waals surface area (Å²) in [6, 6.07) is 17.3. The first-order chi connectivity index (χ1) is 10.3. The molecule has 0 aliphatic heterocycles. The van der Waals surface area contributed by atoms with Crippen molar-refractivity contribution in [1.29, 1.82) is 0 Å². The first-order valence-electron chi connectivity index (χ1n) is 7.07. The van der Waals surface area contributed by atoms with Gasteiger partial charge in [-0.2, -0.15) is 0 Å². The van der Waals surface area contributed by atoms with Crippen LogP contribution in [0.3, 0.4) is 0 Å². The molecule has 1 aromatic heterocycles. The molecule has 3 heteroatoms. The van der Waals surface area contributed by atoms with E-state index in [0.29, 0.717) is 6.42 Å². The zero-order valence-electron chi connectivity index (χ0n) is 11.9. The molecule has 0 saturated heterocycles. The van der Waals surface area contributed by atoms with Crippen molar-refractivity contribution in [2.24, 2.45) is 0 Å². The molecule has 0 unspecified atom stereocenters. The van der Waals surface area contributed by atoms with Crippen LogP contribution >= 0.6 is 0 Å². The van der Waals surface area contributed by atoms with Crippen LogP contribution in [-0.4, -0.2) is 10.1 Å². The quantitative estimate of drug-likeness (QED) is 0.766. The number of ether oxygens (including phenoxy) is 1. The highest BCUT2D eigenvalue weighted by molar-refractivity contribution is 5.84. The Labute approximate surface area is 123 Å². The molecule has 106 valence electrons. The Morgan fingerprint density at radius 1 is 1.05 bits per heavy atom. The van der Waals surface area contributed by atoms with Crippen LogP contribution < -0.4 is 4.74 Å². The van der Waals surface area contributed by atoms with Gasteiger partial charge >= 0.3 is 0 Å². The number of aromatic nitrogens is 1. The van der Waals surface area contributed by atoms with Gasteiger partial charge in [-0.1, -0.05) is 37.3 Å². The van der Waals surface area contributed by atoms with E-state index in [1.807, 2.05) is 61.5 Å². The normalized spacial score (nSPS) is 12.3. The lowest BCUT2D eigenvalue weighted by Crippen LogP contribution is -1.94. The number of nitrogens with zero attached hydrogens (tertiary/aromatic N) is 1. The summed E-state index contributed by atoms with van der Waals surface area (Å²) in [7, 11) is 0. The van der Waals surface area contributed by atoms with Crippen LogP contribution in [0.2, 0.25) is 0 Å². The van der Waals surface area contributed by atoms with Crippen molar-refractivity contribution in [3.63, 3.8) is 0 Å². The standard InChI is InChI=1S/C18H17NO2/c1-2-16(20)13-8-10-15(11-9-13)21-17-7-3-5-14-6-4-12-19-18(14)17/h3-12,16,20H,2H2,1H3/t16-/m0/s1. The van der Waals surface area contributed by atoms with Gasteiger partial charge in [0.2, 0.25) is 0 Å². The van der Waals surface area contributed by atoms with Crippen LogP contribution in [0, 0.1) is 0 Å². The van der Waals surface area contributed by atoms with E-state index in [4.69, 9.17) is 4.74 Å². The van der Waals surface area contributed by atoms with Gasteiger partial charge < -0.3 is 9.84 Å². The Morgan fingerprint density at radius 2 is 1.81 bits per heavy atom. The van der Waals surface area contributed by atoms with Crippen molar-refractivity contribution in [2.45, 2.75) is 19.4 Å². The second-order valence-corrected chi connectivity index (χ2v) is 4.93. The van der Waals surface area contributed by atoms with Crippen LogP contribution in [0.25, 0.3) is 10.9 Å². The Hall–Kier alpha value is -2.39. The van der Waals surface area contributed by atoms with Gasteiger partial charge in [-0.3, -0.25) is 4.98 Å². The summed E-state index contributed by atoms with van der Waals surface area (Å²) in [5.74, 6) is 1.47. The monoisotopic (exact) mass is 279 g/mol. The number of rotatable bonds is 4. The predicted molar refractivity (Wildman–Crippen MR) is 83.5 cm³/mol. The Bertz CT molecular complexity index is 732. The van der Waals surface area contributed by atoms with Crippen molar-refractivity contribution < 1.29 is 9.84 Å². The molecule has 0 bridgehead atoms. The van der Waals surface area contributed by atoms with Crippen LogP contribution in [0.15, 0.2) is 60.8 Å². The van der Waals surface area contributed by atoms with Gasteiger partial charge in [0.1, 0.15) is 11.3 Å². The first-order valence-corrected chi connectivity index (χ1v) is 7.07. The highest BCUT2D eigenvalue weighted by atomic mass is 16.5. The largest absolute Gasteiger partial charge is 0.455 e. The Morgan fingerprint density at radius 3 is 2.57 bits per heavy atom. The van der Waals surface area contributed by atoms with Crippen LogP contribution in [-0.2, 0) is 0 Å². The minimum absolute atomic E-state index is 0.418. The van der Waals surface area contributed by atoms with Gasteiger partial charge in [0.25, 0.3) is 0 Å². The van der Waals surface area contributed by atoms with E-state index < -0.39 is 6.10 Å². The van der Waals surface area contributed by atoms with Gasteiger partial charge in [-0.05, 0) is 36.2 Å². The van der Waals surface area contributed by atoms with E-state index in [-0.39, 0.29) is 0 Å². The fourth-order valence-electron chi connectivity index (χ4n) is 2.28. The first kappa shape index (κ1) is 13.6. The number of aliphatic hydroxyl groups is 1. The molecule has 0 saturated carbocycles. The lowest BCUT2D eigenvalue weighted by atomic mass is 10.1. The number of hydrogen-bond donors (Lipinski definition) is 1. The summed E-state index contributed by atoms with van der Waals surface area (Å²) in [5.41, 5.74) is 1.75. The zero-order valence-corrected chi connectivity index (χ0v) is 11.9. The smallest absolute Gasteiger partial charge is 0.153 e. The van der Waals surface area contributed by atoms with Gasteiger partial charge in [0.15, 0.2) is 5.75 Å². The van der Waals surface area contributed by atoms with Crippen LogP contribution in [0.5, 0.6) is 11.5 Å².